The fourth-order valence-electron chi connectivity index (χ4n) is 3.32. The summed E-state index contributed by atoms with van der Waals surface area (Å²) < 4.78 is 6.27. The van der Waals surface area contributed by atoms with Crippen molar-refractivity contribution in [2.24, 2.45) is 0 Å². The molecule has 1 heterocycles. The highest BCUT2D eigenvalue weighted by atomic mass is 32.2. The van der Waals surface area contributed by atoms with Gasteiger partial charge in [-0.05, 0) is 47.2 Å². The van der Waals surface area contributed by atoms with Crippen LogP contribution >= 0.6 is 11.8 Å². The van der Waals surface area contributed by atoms with Gasteiger partial charge in [-0.15, -0.1) is 11.8 Å². The molecule has 0 spiro atoms. The van der Waals surface area contributed by atoms with Crippen molar-refractivity contribution in [2.75, 3.05) is 31.3 Å². The number of rotatable bonds is 5. The van der Waals surface area contributed by atoms with Crippen molar-refractivity contribution < 1.29 is 10.1 Å². The first-order valence-corrected chi connectivity index (χ1v) is 10.1. The Labute approximate surface area is 159 Å². The van der Waals surface area contributed by atoms with Gasteiger partial charge in [-0.1, -0.05) is 30.3 Å². The molecule has 1 aliphatic heterocycles. The third-order valence-electron chi connectivity index (χ3n) is 4.85. The zero-order valence-electron chi connectivity index (χ0n) is 15.3. The highest BCUT2D eigenvalue weighted by molar-refractivity contribution is 7.99. The fraction of sp³-hybridized carbons (Fsp3) is 0.273. The number of thioether (sulfide) groups is 1. The van der Waals surface area contributed by atoms with Crippen molar-refractivity contribution >= 4 is 28.2 Å². The van der Waals surface area contributed by atoms with Gasteiger partial charge in [-0.2, -0.15) is 0 Å². The summed E-state index contributed by atoms with van der Waals surface area (Å²) in [5, 5.41) is 4.90. The van der Waals surface area contributed by atoms with Gasteiger partial charge >= 0.3 is 0 Å². The maximum absolute atomic E-state index is 6.27. The van der Waals surface area contributed by atoms with E-state index in [0.717, 1.165) is 12.3 Å². The van der Waals surface area contributed by atoms with Crippen LogP contribution < -0.4 is 10.2 Å². The number of benzene rings is 3. The Morgan fingerprint density at radius 2 is 1.77 bits per heavy atom. The minimum absolute atomic E-state index is 0.119. The highest BCUT2D eigenvalue weighted by Crippen LogP contribution is 2.26. The maximum Gasteiger partial charge on any atom is 0.217 e. The molecular weight excluding hydrogens is 340 g/mol. The third-order valence-corrected chi connectivity index (χ3v) is 5.97. The molecule has 4 heteroatoms. The number of hydrogen-bond acceptors (Lipinski definition) is 3. The first kappa shape index (κ1) is 17.4. The van der Waals surface area contributed by atoms with Gasteiger partial charge < -0.3 is 15.0 Å². The molecule has 1 aliphatic rings. The summed E-state index contributed by atoms with van der Waals surface area (Å²) >= 11 is 1.88. The third kappa shape index (κ3) is 3.88. The lowest BCUT2D eigenvalue weighted by molar-refractivity contribution is -0.697. The van der Waals surface area contributed by atoms with E-state index in [4.69, 9.17) is 4.74 Å². The molecule has 0 radical (unpaired) electrons. The van der Waals surface area contributed by atoms with E-state index < -0.39 is 0 Å². The molecular formula is C22H25N2OS+. The number of quaternary nitrogens is 1. The Morgan fingerprint density at radius 3 is 2.54 bits per heavy atom. The molecule has 0 saturated carbocycles. The van der Waals surface area contributed by atoms with Gasteiger partial charge in [0.05, 0.1) is 0 Å². The second-order valence-corrected chi connectivity index (χ2v) is 8.05. The molecule has 0 unspecified atom stereocenters. The quantitative estimate of drug-likeness (QED) is 0.700. The Balaban J connectivity index is 1.35. The van der Waals surface area contributed by atoms with Crippen LogP contribution in [0.3, 0.4) is 0 Å². The van der Waals surface area contributed by atoms with Crippen LogP contribution in [0.1, 0.15) is 11.8 Å². The minimum atomic E-state index is 0.119. The zero-order chi connectivity index (χ0) is 17.9. The number of nitrogens with zero attached hydrogens (tertiary/aromatic N) is 1. The molecule has 0 aliphatic carbocycles. The van der Waals surface area contributed by atoms with Gasteiger partial charge in [0.1, 0.15) is 12.6 Å². The van der Waals surface area contributed by atoms with Crippen LogP contribution in [0.4, 0.5) is 5.69 Å². The Morgan fingerprint density at radius 1 is 1.00 bits per heavy atom. The van der Waals surface area contributed by atoms with E-state index in [1.807, 2.05) is 11.8 Å². The van der Waals surface area contributed by atoms with Gasteiger partial charge in [-0.25, -0.2) is 0 Å². The molecule has 0 aromatic heterocycles. The summed E-state index contributed by atoms with van der Waals surface area (Å²) in [7, 11) is 4.13. The maximum atomic E-state index is 6.27. The largest absolute Gasteiger partial charge is 0.378 e. The average molecular weight is 366 g/mol. The second kappa shape index (κ2) is 7.70. The number of nitrogens with two attached hydrogens (primary N) is 1. The number of hydrogen-bond donors (Lipinski definition) is 1. The monoisotopic (exact) mass is 365 g/mol. The SMILES string of the molecule is CN(C)c1ccc([C@@H]2[NH2+]C[C@@H](CSc3ccc4ccccc4c3)O2)cc1. The van der Waals surface area contributed by atoms with Crippen LogP contribution in [-0.4, -0.2) is 32.5 Å². The van der Waals surface area contributed by atoms with E-state index in [1.54, 1.807) is 0 Å². The van der Waals surface area contributed by atoms with Crippen LogP contribution in [0.5, 0.6) is 0 Å². The summed E-state index contributed by atoms with van der Waals surface area (Å²) in [6.45, 7) is 1.01. The lowest BCUT2D eigenvalue weighted by atomic mass is 10.1. The Kier molecular flexibility index (Phi) is 5.16. The number of anilines is 1. The van der Waals surface area contributed by atoms with Crippen molar-refractivity contribution in [1.82, 2.24) is 0 Å². The molecule has 2 atom stereocenters. The van der Waals surface area contributed by atoms with Crippen LogP contribution in [0.15, 0.2) is 71.6 Å². The summed E-state index contributed by atoms with van der Waals surface area (Å²) in [5.41, 5.74) is 2.46. The van der Waals surface area contributed by atoms with Gasteiger partial charge in [0.2, 0.25) is 6.23 Å². The van der Waals surface area contributed by atoms with Crippen molar-refractivity contribution in [1.29, 1.82) is 0 Å². The number of fused-ring (bicyclic) bond motifs is 1. The fourth-order valence-corrected chi connectivity index (χ4v) is 4.29. The lowest BCUT2D eigenvalue weighted by Gasteiger charge is -2.14. The standard InChI is InChI=1S/C22H24N2OS/c1-24(2)19-10-7-17(8-11-19)22-23-14-20(25-22)15-26-21-12-9-16-5-3-4-6-18(16)13-21/h3-13,20,22-23H,14-15H2,1-2H3/p+1/t20-,22+/m0/s1. The van der Waals surface area contributed by atoms with Gasteiger partial charge in [0.15, 0.2) is 0 Å². The summed E-state index contributed by atoms with van der Waals surface area (Å²) in [4.78, 5) is 3.43. The first-order chi connectivity index (χ1) is 12.7. The van der Waals surface area contributed by atoms with Crippen molar-refractivity contribution in [2.45, 2.75) is 17.2 Å². The predicted molar refractivity (Wildman–Crippen MR) is 110 cm³/mol. The van der Waals surface area contributed by atoms with Crippen LogP contribution in [0.2, 0.25) is 0 Å². The zero-order valence-corrected chi connectivity index (χ0v) is 16.1. The summed E-state index contributed by atoms with van der Waals surface area (Å²) in [6.07, 6.45) is 0.401. The summed E-state index contributed by atoms with van der Waals surface area (Å²) in [6, 6.07) is 23.9. The first-order valence-electron chi connectivity index (χ1n) is 9.07. The molecule has 1 fully saturated rings. The summed E-state index contributed by atoms with van der Waals surface area (Å²) in [5.74, 6) is 0.987. The smallest absolute Gasteiger partial charge is 0.217 e. The van der Waals surface area contributed by atoms with Gasteiger partial charge in [0, 0.05) is 36.0 Å². The van der Waals surface area contributed by atoms with Crippen LogP contribution in [0, 0.1) is 0 Å². The number of ether oxygens (including phenoxy) is 1. The van der Waals surface area contributed by atoms with Gasteiger partial charge in [0.25, 0.3) is 0 Å². The van der Waals surface area contributed by atoms with Crippen molar-refractivity contribution in [3.8, 4) is 0 Å². The van der Waals surface area contributed by atoms with E-state index in [0.29, 0.717) is 0 Å². The molecule has 1 saturated heterocycles. The normalized spacial score (nSPS) is 19.8. The molecule has 0 bridgehead atoms. The topological polar surface area (TPSA) is 29.1 Å². The minimum Gasteiger partial charge on any atom is -0.378 e. The molecule has 4 rings (SSSR count). The van der Waals surface area contributed by atoms with E-state index in [-0.39, 0.29) is 12.3 Å². The van der Waals surface area contributed by atoms with Crippen molar-refractivity contribution in [3.05, 3.63) is 72.3 Å². The molecule has 3 nitrogen and oxygen atoms in total. The lowest BCUT2D eigenvalue weighted by Crippen LogP contribution is -2.82. The Hall–Kier alpha value is -2.01. The van der Waals surface area contributed by atoms with Crippen LogP contribution in [-0.2, 0) is 4.74 Å². The highest BCUT2D eigenvalue weighted by Gasteiger charge is 2.29. The molecule has 0 amide bonds. The Bertz CT molecular complexity index is 879. The van der Waals surface area contributed by atoms with E-state index in [9.17, 15) is 0 Å². The van der Waals surface area contributed by atoms with E-state index in [1.165, 1.54) is 26.9 Å². The van der Waals surface area contributed by atoms with Crippen LogP contribution in [0.25, 0.3) is 10.8 Å². The molecule has 2 N–H and O–H groups in total. The van der Waals surface area contributed by atoms with Crippen molar-refractivity contribution in [3.63, 3.8) is 0 Å². The second-order valence-electron chi connectivity index (χ2n) is 6.96. The van der Waals surface area contributed by atoms with E-state index in [2.05, 4.69) is 91.0 Å². The average Bonchev–Trinajstić information content (AvgIpc) is 3.15. The molecule has 134 valence electrons. The van der Waals surface area contributed by atoms with E-state index >= 15 is 0 Å². The predicted octanol–water partition coefficient (Wildman–Crippen LogP) is 3.66. The molecule has 3 aromatic rings. The molecule has 26 heavy (non-hydrogen) atoms. The molecule has 3 aromatic carbocycles. The van der Waals surface area contributed by atoms with Gasteiger partial charge in [-0.3, -0.25) is 0 Å².